The Balaban J connectivity index is 1.56. The number of para-hydroxylation sites is 1. The van der Waals surface area contributed by atoms with Crippen molar-refractivity contribution in [2.24, 2.45) is 0 Å². The second kappa shape index (κ2) is 6.16. The van der Waals surface area contributed by atoms with Gasteiger partial charge in [-0.05, 0) is 12.1 Å². The minimum Gasteiger partial charge on any atom is -0.352 e. The van der Waals surface area contributed by atoms with Crippen LogP contribution in [0.4, 0.5) is 5.95 Å². The summed E-state index contributed by atoms with van der Waals surface area (Å²) in [5.41, 5.74) is 1.72. The Morgan fingerprint density at radius 3 is 2.74 bits per heavy atom. The van der Waals surface area contributed by atoms with E-state index in [1.165, 1.54) is 24.6 Å². The molecule has 1 saturated heterocycles. The summed E-state index contributed by atoms with van der Waals surface area (Å²) in [7, 11) is 0. The lowest BCUT2D eigenvalue weighted by molar-refractivity contribution is 0.314. The Kier molecular flexibility index (Phi) is 4.10. The standard InChI is InChI=1S/C13H17N5S/c1-2-4-12-11(3-1)15-13(17-16-12)14-5-6-18-7-9-19-10-8-18/h1-4H,5-10H2,(H,14,15,17). The van der Waals surface area contributed by atoms with E-state index < -0.39 is 0 Å². The van der Waals surface area contributed by atoms with E-state index in [2.05, 4.69) is 25.4 Å². The van der Waals surface area contributed by atoms with Gasteiger partial charge in [-0.1, -0.05) is 12.1 Å². The molecule has 0 atom stereocenters. The molecule has 1 aromatic heterocycles. The van der Waals surface area contributed by atoms with Crippen LogP contribution in [0.3, 0.4) is 0 Å². The van der Waals surface area contributed by atoms with Gasteiger partial charge in [0.1, 0.15) is 5.52 Å². The van der Waals surface area contributed by atoms with Crippen molar-refractivity contribution in [1.82, 2.24) is 20.1 Å². The number of nitrogens with zero attached hydrogens (tertiary/aromatic N) is 4. The molecule has 0 saturated carbocycles. The smallest absolute Gasteiger partial charge is 0.243 e. The summed E-state index contributed by atoms with van der Waals surface area (Å²) < 4.78 is 0. The second-order valence-electron chi connectivity index (χ2n) is 4.50. The zero-order valence-electron chi connectivity index (χ0n) is 10.7. The molecule has 1 aliphatic heterocycles. The quantitative estimate of drug-likeness (QED) is 0.912. The van der Waals surface area contributed by atoms with E-state index in [1.807, 2.05) is 36.0 Å². The summed E-state index contributed by atoms with van der Waals surface area (Å²) in [6.45, 7) is 4.27. The number of aromatic nitrogens is 3. The van der Waals surface area contributed by atoms with Crippen molar-refractivity contribution < 1.29 is 0 Å². The van der Waals surface area contributed by atoms with E-state index in [-0.39, 0.29) is 0 Å². The highest BCUT2D eigenvalue weighted by Crippen LogP contribution is 2.10. The van der Waals surface area contributed by atoms with Crippen LogP contribution in [0.2, 0.25) is 0 Å². The van der Waals surface area contributed by atoms with Crippen molar-refractivity contribution in [3.63, 3.8) is 0 Å². The van der Waals surface area contributed by atoms with Gasteiger partial charge in [-0.15, -0.1) is 10.2 Å². The molecular formula is C13H17N5S. The fourth-order valence-electron chi connectivity index (χ4n) is 2.11. The predicted molar refractivity (Wildman–Crippen MR) is 79.6 cm³/mol. The third-order valence-electron chi connectivity index (χ3n) is 3.18. The van der Waals surface area contributed by atoms with Crippen molar-refractivity contribution >= 4 is 28.7 Å². The van der Waals surface area contributed by atoms with Gasteiger partial charge in [0.05, 0.1) is 5.52 Å². The zero-order valence-corrected chi connectivity index (χ0v) is 11.6. The number of fused-ring (bicyclic) bond motifs is 1. The second-order valence-corrected chi connectivity index (χ2v) is 5.73. The van der Waals surface area contributed by atoms with Crippen LogP contribution in [0.5, 0.6) is 0 Å². The van der Waals surface area contributed by atoms with Gasteiger partial charge in [0.2, 0.25) is 5.95 Å². The van der Waals surface area contributed by atoms with Crippen molar-refractivity contribution in [3.8, 4) is 0 Å². The Morgan fingerprint density at radius 1 is 1.11 bits per heavy atom. The SMILES string of the molecule is c1ccc2nc(NCCN3CCSCC3)nnc2c1. The monoisotopic (exact) mass is 275 g/mol. The molecule has 1 aliphatic rings. The van der Waals surface area contributed by atoms with Gasteiger partial charge >= 0.3 is 0 Å². The summed E-state index contributed by atoms with van der Waals surface area (Å²) in [5.74, 6) is 3.10. The summed E-state index contributed by atoms with van der Waals surface area (Å²) in [6.07, 6.45) is 0. The van der Waals surface area contributed by atoms with Crippen molar-refractivity contribution in [2.75, 3.05) is 43.0 Å². The summed E-state index contributed by atoms with van der Waals surface area (Å²) in [5, 5.41) is 11.5. The molecule has 5 nitrogen and oxygen atoms in total. The maximum Gasteiger partial charge on any atom is 0.243 e. The van der Waals surface area contributed by atoms with Gasteiger partial charge in [-0.3, -0.25) is 4.90 Å². The molecule has 0 aliphatic carbocycles. The molecule has 19 heavy (non-hydrogen) atoms. The van der Waals surface area contributed by atoms with Gasteiger partial charge in [-0.2, -0.15) is 11.8 Å². The van der Waals surface area contributed by atoms with E-state index in [0.717, 1.165) is 24.1 Å². The molecule has 0 radical (unpaired) electrons. The van der Waals surface area contributed by atoms with E-state index in [4.69, 9.17) is 0 Å². The molecule has 0 amide bonds. The van der Waals surface area contributed by atoms with Gasteiger partial charge < -0.3 is 5.32 Å². The third-order valence-corrected chi connectivity index (χ3v) is 4.12. The van der Waals surface area contributed by atoms with Crippen LogP contribution in [-0.2, 0) is 0 Å². The number of thioether (sulfide) groups is 1. The largest absolute Gasteiger partial charge is 0.352 e. The molecule has 0 unspecified atom stereocenters. The van der Waals surface area contributed by atoms with Crippen LogP contribution in [-0.4, -0.2) is 57.8 Å². The highest BCUT2D eigenvalue weighted by molar-refractivity contribution is 7.99. The van der Waals surface area contributed by atoms with Crippen molar-refractivity contribution in [2.45, 2.75) is 0 Å². The summed E-state index contributed by atoms with van der Waals surface area (Å²) in [6, 6.07) is 7.79. The molecule has 1 N–H and O–H groups in total. The lowest BCUT2D eigenvalue weighted by Crippen LogP contribution is -2.36. The Hall–Kier alpha value is -1.40. The van der Waals surface area contributed by atoms with Crippen molar-refractivity contribution in [1.29, 1.82) is 0 Å². The fraction of sp³-hybridized carbons (Fsp3) is 0.462. The van der Waals surface area contributed by atoms with Gasteiger partial charge in [0, 0.05) is 37.7 Å². The van der Waals surface area contributed by atoms with E-state index in [9.17, 15) is 0 Å². The highest BCUT2D eigenvalue weighted by Gasteiger charge is 2.09. The Labute approximate surface area is 116 Å². The Bertz CT molecular complexity index is 541. The fourth-order valence-corrected chi connectivity index (χ4v) is 3.09. The first-order chi connectivity index (χ1) is 9.42. The summed E-state index contributed by atoms with van der Waals surface area (Å²) in [4.78, 5) is 6.92. The average molecular weight is 275 g/mol. The molecule has 1 fully saturated rings. The molecule has 2 heterocycles. The minimum absolute atomic E-state index is 0.616. The number of hydrogen-bond donors (Lipinski definition) is 1. The lowest BCUT2D eigenvalue weighted by atomic mass is 10.3. The van der Waals surface area contributed by atoms with Gasteiger partial charge in [0.25, 0.3) is 0 Å². The maximum absolute atomic E-state index is 4.45. The predicted octanol–water partition coefficient (Wildman–Crippen LogP) is 1.49. The lowest BCUT2D eigenvalue weighted by Gasteiger charge is -2.25. The Morgan fingerprint density at radius 2 is 1.89 bits per heavy atom. The molecule has 0 spiro atoms. The van der Waals surface area contributed by atoms with E-state index >= 15 is 0 Å². The zero-order chi connectivity index (χ0) is 12.9. The van der Waals surface area contributed by atoms with E-state index in [1.54, 1.807) is 0 Å². The van der Waals surface area contributed by atoms with Crippen LogP contribution >= 0.6 is 11.8 Å². The normalized spacial score (nSPS) is 16.6. The maximum atomic E-state index is 4.45. The molecule has 6 heteroatoms. The minimum atomic E-state index is 0.616. The average Bonchev–Trinajstić information content (AvgIpc) is 2.48. The molecule has 0 bridgehead atoms. The topological polar surface area (TPSA) is 53.9 Å². The van der Waals surface area contributed by atoms with Crippen LogP contribution in [0.1, 0.15) is 0 Å². The first-order valence-corrected chi connectivity index (χ1v) is 7.71. The summed E-state index contributed by atoms with van der Waals surface area (Å²) >= 11 is 2.03. The van der Waals surface area contributed by atoms with Gasteiger partial charge in [-0.25, -0.2) is 4.98 Å². The number of nitrogens with one attached hydrogen (secondary N) is 1. The molecule has 100 valence electrons. The highest BCUT2D eigenvalue weighted by atomic mass is 32.2. The van der Waals surface area contributed by atoms with Crippen LogP contribution < -0.4 is 5.32 Å². The van der Waals surface area contributed by atoms with Crippen LogP contribution in [0.15, 0.2) is 24.3 Å². The van der Waals surface area contributed by atoms with Gasteiger partial charge in [0.15, 0.2) is 0 Å². The number of hydrogen-bond acceptors (Lipinski definition) is 6. The number of benzene rings is 1. The number of anilines is 1. The third kappa shape index (κ3) is 3.33. The molecule has 3 rings (SSSR count). The van der Waals surface area contributed by atoms with Crippen LogP contribution in [0.25, 0.3) is 11.0 Å². The number of rotatable bonds is 4. The molecule has 1 aromatic carbocycles. The molecular weight excluding hydrogens is 258 g/mol. The van der Waals surface area contributed by atoms with Crippen molar-refractivity contribution in [3.05, 3.63) is 24.3 Å². The molecule has 2 aromatic rings. The first-order valence-electron chi connectivity index (χ1n) is 6.55. The van der Waals surface area contributed by atoms with E-state index in [0.29, 0.717) is 5.95 Å². The first kappa shape index (κ1) is 12.6. The van der Waals surface area contributed by atoms with Crippen LogP contribution in [0, 0.1) is 0 Å².